The fourth-order valence-electron chi connectivity index (χ4n) is 1.76. The Morgan fingerprint density at radius 3 is 2.78 bits per heavy atom. The van der Waals surface area contributed by atoms with E-state index in [4.69, 9.17) is 4.42 Å². The zero-order valence-corrected chi connectivity index (χ0v) is 12.2. The zero-order chi connectivity index (χ0) is 13.4. The third-order valence-corrected chi connectivity index (χ3v) is 3.15. The van der Waals surface area contributed by atoms with Crippen molar-refractivity contribution in [1.82, 2.24) is 10.3 Å². The Bertz CT molecular complexity index is 325. The van der Waals surface area contributed by atoms with Gasteiger partial charge >= 0.3 is 0 Å². The summed E-state index contributed by atoms with van der Waals surface area (Å²) in [6.45, 7) is 12.5. The Kier molecular flexibility index (Phi) is 6.80. The van der Waals surface area contributed by atoms with Crippen molar-refractivity contribution in [2.45, 2.75) is 47.1 Å². The van der Waals surface area contributed by atoms with Crippen LogP contribution in [0, 0.1) is 5.92 Å². The molecule has 0 fully saturated rings. The Labute approximate surface area is 111 Å². The van der Waals surface area contributed by atoms with Gasteiger partial charge in [0.15, 0.2) is 0 Å². The minimum atomic E-state index is 0.665. The second kappa shape index (κ2) is 8.14. The summed E-state index contributed by atoms with van der Waals surface area (Å²) in [6, 6.07) is 0.756. The lowest BCUT2D eigenvalue weighted by Crippen LogP contribution is -2.28. The average Bonchev–Trinajstić information content (AvgIpc) is 2.84. The number of oxazole rings is 1. The number of anilines is 1. The van der Waals surface area contributed by atoms with E-state index in [1.54, 1.807) is 6.26 Å². The minimum absolute atomic E-state index is 0.665. The predicted octanol–water partition coefficient (Wildman–Crippen LogP) is 3.05. The maximum Gasteiger partial charge on any atom is 0.297 e. The number of hydrogen-bond donors (Lipinski definition) is 1. The normalized spacial score (nSPS) is 12.7. The summed E-state index contributed by atoms with van der Waals surface area (Å²) in [4.78, 5) is 6.74. The van der Waals surface area contributed by atoms with Crippen molar-refractivity contribution in [3.63, 3.8) is 0 Å². The molecule has 4 nitrogen and oxygen atoms in total. The first-order valence-corrected chi connectivity index (χ1v) is 7.11. The van der Waals surface area contributed by atoms with Crippen molar-refractivity contribution in [3.05, 3.63) is 12.0 Å². The topological polar surface area (TPSA) is 41.3 Å². The highest BCUT2D eigenvalue weighted by Crippen LogP contribution is 2.16. The highest BCUT2D eigenvalue weighted by Gasteiger charge is 2.13. The molecule has 0 amide bonds. The van der Waals surface area contributed by atoms with Gasteiger partial charge in [-0.15, -0.1) is 0 Å². The van der Waals surface area contributed by atoms with E-state index in [-0.39, 0.29) is 0 Å². The standard InChI is InChI=1S/C14H27N3O/c1-5-8-15-9-13-11-18-14(16-13)17(7-3)10-12(4)6-2/h11-12,15H,5-10H2,1-4H3. The van der Waals surface area contributed by atoms with E-state index in [0.29, 0.717) is 5.92 Å². The third kappa shape index (κ3) is 4.69. The van der Waals surface area contributed by atoms with Crippen LogP contribution in [0.3, 0.4) is 0 Å². The van der Waals surface area contributed by atoms with Crippen LogP contribution in [0.4, 0.5) is 6.01 Å². The van der Waals surface area contributed by atoms with E-state index in [2.05, 4.69) is 42.9 Å². The monoisotopic (exact) mass is 253 g/mol. The largest absolute Gasteiger partial charge is 0.432 e. The predicted molar refractivity (Wildman–Crippen MR) is 75.8 cm³/mol. The molecule has 1 N–H and O–H groups in total. The molecule has 0 bridgehead atoms. The molecule has 1 aromatic heterocycles. The second-order valence-electron chi connectivity index (χ2n) is 4.85. The van der Waals surface area contributed by atoms with Crippen LogP contribution in [-0.4, -0.2) is 24.6 Å². The highest BCUT2D eigenvalue weighted by atomic mass is 16.4. The molecule has 1 atom stereocenters. The maximum absolute atomic E-state index is 5.57. The fraction of sp³-hybridized carbons (Fsp3) is 0.786. The van der Waals surface area contributed by atoms with Crippen LogP contribution in [0.2, 0.25) is 0 Å². The van der Waals surface area contributed by atoms with Crippen molar-refractivity contribution < 1.29 is 4.42 Å². The van der Waals surface area contributed by atoms with E-state index < -0.39 is 0 Å². The van der Waals surface area contributed by atoms with E-state index >= 15 is 0 Å². The molecular weight excluding hydrogens is 226 g/mol. The summed E-state index contributed by atoms with van der Waals surface area (Å²) >= 11 is 0. The zero-order valence-electron chi connectivity index (χ0n) is 12.2. The maximum atomic E-state index is 5.57. The molecule has 0 aliphatic carbocycles. The van der Waals surface area contributed by atoms with Crippen molar-refractivity contribution in [3.8, 4) is 0 Å². The van der Waals surface area contributed by atoms with Crippen molar-refractivity contribution in [2.24, 2.45) is 5.92 Å². The van der Waals surface area contributed by atoms with Gasteiger partial charge in [-0.2, -0.15) is 4.98 Å². The van der Waals surface area contributed by atoms with Crippen LogP contribution < -0.4 is 10.2 Å². The lowest BCUT2D eigenvalue weighted by atomic mass is 10.1. The number of nitrogens with zero attached hydrogens (tertiary/aromatic N) is 2. The van der Waals surface area contributed by atoms with Gasteiger partial charge in [0.25, 0.3) is 6.01 Å². The molecule has 0 aliphatic rings. The van der Waals surface area contributed by atoms with Gasteiger partial charge in [0.05, 0.1) is 5.69 Å². The van der Waals surface area contributed by atoms with Crippen LogP contribution in [0.15, 0.2) is 10.7 Å². The second-order valence-corrected chi connectivity index (χ2v) is 4.85. The fourth-order valence-corrected chi connectivity index (χ4v) is 1.76. The van der Waals surface area contributed by atoms with Gasteiger partial charge in [-0.3, -0.25) is 0 Å². The molecule has 0 aromatic carbocycles. The Morgan fingerprint density at radius 1 is 1.39 bits per heavy atom. The Hall–Kier alpha value is -1.03. The Morgan fingerprint density at radius 2 is 2.17 bits per heavy atom. The van der Waals surface area contributed by atoms with Gasteiger partial charge in [-0.05, 0) is 25.8 Å². The van der Waals surface area contributed by atoms with E-state index in [1.165, 1.54) is 6.42 Å². The summed E-state index contributed by atoms with van der Waals surface area (Å²) in [6.07, 6.45) is 4.08. The quantitative estimate of drug-likeness (QED) is 0.687. The SMILES string of the molecule is CCCNCc1coc(N(CC)CC(C)CC)n1. The smallest absolute Gasteiger partial charge is 0.297 e. The van der Waals surface area contributed by atoms with Crippen molar-refractivity contribution in [2.75, 3.05) is 24.5 Å². The molecule has 18 heavy (non-hydrogen) atoms. The molecule has 1 aromatic rings. The third-order valence-electron chi connectivity index (χ3n) is 3.15. The number of hydrogen-bond acceptors (Lipinski definition) is 4. The van der Waals surface area contributed by atoms with Gasteiger partial charge in [-0.25, -0.2) is 0 Å². The van der Waals surface area contributed by atoms with Gasteiger partial charge in [-0.1, -0.05) is 27.2 Å². The molecule has 1 heterocycles. The van der Waals surface area contributed by atoms with Crippen molar-refractivity contribution in [1.29, 1.82) is 0 Å². The van der Waals surface area contributed by atoms with Crippen LogP contribution in [-0.2, 0) is 6.54 Å². The highest BCUT2D eigenvalue weighted by molar-refractivity contribution is 5.26. The number of aromatic nitrogens is 1. The first kappa shape index (κ1) is 15.0. The number of rotatable bonds is 9. The molecule has 1 rings (SSSR count). The van der Waals surface area contributed by atoms with Gasteiger partial charge < -0.3 is 14.6 Å². The lowest BCUT2D eigenvalue weighted by Gasteiger charge is -2.21. The molecule has 0 aliphatic heterocycles. The molecule has 104 valence electrons. The molecule has 0 spiro atoms. The van der Waals surface area contributed by atoms with Crippen LogP contribution in [0.1, 0.15) is 46.2 Å². The summed E-state index contributed by atoms with van der Waals surface area (Å²) in [5.74, 6) is 0.665. The van der Waals surface area contributed by atoms with E-state index in [9.17, 15) is 0 Å². The molecular formula is C14H27N3O. The molecule has 1 unspecified atom stereocenters. The molecule has 0 saturated heterocycles. The first-order chi connectivity index (χ1) is 8.71. The van der Waals surface area contributed by atoms with Crippen LogP contribution in [0.25, 0.3) is 0 Å². The molecule has 4 heteroatoms. The lowest BCUT2D eigenvalue weighted by molar-refractivity contribution is 0.490. The van der Waals surface area contributed by atoms with Crippen LogP contribution in [0.5, 0.6) is 0 Å². The van der Waals surface area contributed by atoms with E-state index in [1.807, 2.05) is 0 Å². The first-order valence-electron chi connectivity index (χ1n) is 7.11. The number of nitrogens with one attached hydrogen (secondary N) is 1. The van der Waals surface area contributed by atoms with Crippen molar-refractivity contribution >= 4 is 6.01 Å². The Balaban J connectivity index is 2.53. The summed E-state index contributed by atoms with van der Waals surface area (Å²) < 4.78 is 5.57. The summed E-state index contributed by atoms with van der Waals surface area (Å²) in [5.41, 5.74) is 0.987. The van der Waals surface area contributed by atoms with Gasteiger partial charge in [0.1, 0.15) is 6.26 Å². The van der Waals surface area contributed by atoms with E-state index in [0.717, 1.165) is 44.3 Å². The average molecular weight is 253 g/mol. The molecule has 0 radical (unpaired) electrons. The van der Waals surface area contributed by atoms with Crippen LogP contribution >= 0.6 is 0 Å². The summed E-state index contributed by atoms with van der Waals surface area (Å²) in [5, 5.41) is 3.33. The van der Waals surface area contributed by atoms with Gasteiger partial charge in [0, 0.05) is 19.6 Å². The minimum Gasteiger partial charge on any atom is -0.432 e. The van der Waals surface area contributed by atoms with Gasteiger partial charge in [0.2, 0.25) is 0 Å². The molecule has 0 saturated carbocycles. The summed E-state index contributed by atoms with van der Waals surface area (Å²) in [7, 11) is 0.